The third-order valence-electron chi connectivity index (χ3n) is 4.59. The zero-order valence-corrected chi connectivity index (χ0v) is 13.2. The lowest BCUT2D eigenvalue weighted by atomic mass is 9.89. The largest absolute Gasteiger partial charge is 0.497 e. The number of benzene rings is 1. The van der Waals surface area contributed by atoms with E-state index in [2.05, 4.69) is 0 Å². The second kappa shape index (κ2) is 6.57. The van der Waals surface area contributed by atoms with E-state index in [1.165, 1.54) is 6.42 Å². The van der Waals surface area contributed by atoms with Gasteiger partial charge in [0, 0.05) is 18.2 Å². The average molecular weight is 305 g/mol. The molecule has 5 heteroatoms. The number of fused-ring (bicyclic) bond motifs is 1. The van der Waals surface area contributed by atoms with Crippen LogP contribution in [0.1, 0.15) is 36.0 Å². The summed E-state index contributed by atoms with van der Waals surface area (Å²) < 4.78 is 16.4. The minimum Gasteiger partial charge on any atom is -0.497 e. The summed E-state index contributed by atoms with van der Waals surface area (Å²) in [5, 5.41) is 0. The summed E-state index contributed by atoms with van der Waals surface area (Å²) in [6, 6.07) is 5.53. The van der Waals surface area contributed by atoms with Gasteiger partial charge in [0.25, 0.3) is 5.91 Å². The van der Waals surface area contributed by atoms with E-state index in [0.717, 1.165) is 19.3 Å². The Hall–Kier alpha value is -1.75. The second-order valence-electron chi connectivity index (χ2n) is 5.86. The molecule has 1 saturated carbocycles. The van der Waals surface area contributed by atoms with E-state index in [-0.39, 0.29) is 18.1 Å². The number of ether oxygens (including phenoxy) is 3. The molecule has 0 radical (unpaired) electrons. The van der Waals surface area contributed by atoms with Gasteiger partial charge in [-0.15, -0.1) is 0 Å². The topological polar surface area (TPSA) is 48.0 Å². The van der Waals surface area contributed by atoms with Crippen molar-refractivity contribution in [3.63, 3.8) is 0 Å². The average Bonchev–Trinajstić information content (AvgIpc) is 2.60. The fourth-order valence-corrected chi connectivity index (χ4v) is 3.45. The van der Waals surface area contributed by atoms with E-state index in [1.54, 1.807) is 32.4 Å². The first-order chi connectivity index (χ1) is 10.7. The Morgan fingerprint density at radius 2 is 1.82 bits per heavy atom. The monoisotopic (exact) mass is 305 g/mol. The number of hydrogen-bond donors (Lipinski definition) is 0. The standard InChI is InChI=1S/C17H23NO4/c1-20-13-9-12(10-14(11-13)21-2)17(19)18-7-8-22-16-6-4-3-5-15(16)18/h9-11,15-16H,3-8H2,1-2H3/t15-,16-/m1/s1. The molecule has 5 nitrogen and oxygen atoms in total. The second-order valence-corrected chi connectivity index (χ2v) is 5.86. The molecular weight excluding hydrogens is 282 g/mol. The summed E-state index contributed by atoms with van der Waals surface area (Å²) in [4.78, 5) is 14.9. The zero-order chi connectivity index (χ0) is 15.5. The van der Waals surface area contributed by atoms with Crippen LogP contribution < -0.4 is 9.47 Å². The molecule has 1 aliphatic carbocycles. The van der Waals surface area contributed by atoms with Crippen LogP contribution in [0.3, 0.4) is 0 Å². The number of carbonyl (C=O) groups excluding carboxylic acids is 1. The third-order valence-corrected chi connectivity index (χ3v) is 4.59. The van der Waals surface area contributed by atoms with Gasteiger partial charge in [0.2, 0.25) is 0 Å². The molecule has 0 unspecified atom stereocenters. The molecule has 1 saturated heterocycles. The number of hydrogen-bond acceptors (Lipinski definition) is 4. The van der Waals surface area contributed by atoms with Crippen LogP contribution in [0.15, 0.2) is 18.2 Å². The molecule has 1 aromatic carbocycles. The summed E-state index contributed by atoms with van der Waals surface area (Å²) in [5.41, 5.74) is 0.613. The summed E-state index contributed by atoms with van der Waals surface area (Å²) >= 11 is 0. The molecule has 120 valence electrons. The fourth-order valence-electron chi connectivity index (χ4n) is 3.45. The van der Waals surface area contributed by atoms with E-state index in [1.807, 2.05) is 4.90 Å². The van der Waals surface area contributed by atoms with Gasteiger partial charge in [-0.3, -0.25) is 4.79 Å². The van der Waals surface area contributed by atoms with Gasteiger partial charge >= 0.3 is 0 Å². The van der Waals surface area contributed by atoms with Gasteiger partial charge in [0.1, 0.15) is 11.5 Å². The molecule has 1 amide bonds. The van der Waals surface area contributed by atoms with Gasteiger partial charge < -0.3 is 19.1 Å². The lowest BCUT2D eigenvalue weighted by Gasteiger charge is -2.43. The Labute approximate surface area is 131 Å². The van der Waals surface area contributed by atoms with Crippen LogP contribution in [0.5, 0.6) is 11.5 Å². The number of methoxy groups -OCH3 is 2. The number of carbonyl (C=O) groups is 1. The zero-order valence-electron chi connectivity index (χ0n) is 13.2. The van der Waals surface area contributed by atoms with Gasteiger partial charge in [0.15, 0.2) is 0 Å². The normalized spacial score (nSPS) is 24.5. The van der Waals surface area contributed by atoms with E-state index in [0.29, 0.717) is 30.2 Å². The van der Waals surface area contributed by atoms with E-state index < -0.39 is 0 Å². The Kier molecular flexibility index (Phi) is 4.52. The molecule has 2 fully saturated rings. The molecule has 22 heavy (non-hydrogen) atoms. The molecule has 0 spiro atoms. The van der Waals surface area contributed by atoms with E-state index in [4.69, 9.17) is 14.2 Å². The molecule has 3 rings (SSSR count). The van der Waals surface area contributed by atoms with Gasteiger partial charge in [0.05, 0.1) is 33.0 Å². The molecule has 1 aromatic rings. The molecule has 2 aliphatic rings. The highest BCUT2D eigenvalue weighted by molar-refractivity contribution is 5.95. The van der Waals surface area contributed by atoms with Crippen molar-refractivity contribution in [2.45, 2.75) is 37.8 Å². The summed E-state index contributed by atoms with van der Waals surface area (Å²) in [6.45, 7) is 1.27. The van der Waals surface area contributed by atoms with Crippen LogP contribution in [0.25, 0.3) is 0 Å². The molecule has 0 bridgehead atoms. The molecule has 1 heterocycles. The summed E-state index contributed by atoms with van der Waals surface area (Å²) in [7, 11) is 3.18. The highest BCUT2D eigenvalue weighted by Crippen LogP contribution is 2.31. The maximum atomic E-state index is 13.0. The van der Waals surface area contributed by atoms with Crippen LogP contribution in [-0.2, 0) is 4.74 Å². The first kappa shape index (κ1) is 15.2. The third kappa shape index (κ3) is 2.90. The molecule has 0 N–H and O–H groups in total. The summed E-state index contributed by atoms with van der Waals surface area (Å²) in [5.74, 6) is 1.31. The lowest BCUT2D eigenvalue weighted by molar-refractivity contribution is -0.0752. The predicted molar refractivity (Wildman–Crippen MR) is 82.6 cm³/mol. The Morgan fingerprint density at radius 3 is 2.50 bits per heavy atom. The first-order valence-electron chi connectivity index (χ1n) is 7.88. The highest BCUT2D eigenvalue weighted by Gasteiger charge is 2.37. The Bertz CT molecular complexity index is 521. The number of morpholine rings is 1. The van der Waals surface area contributed by atoms with Crippen LogP contribution in [0.4, 0.5) is 0 Å². The van der Waals surface area contributed by atoms with Crippen molar-refractivity contribution >= 4 is 5.91 Å². The molecule has 1 aliphatic heterocycles. The quantitative estimate of drug-likeness (QED) is 0.861. The van der Waals surface area contributed by atoms with Crippen molar-refractivity contribution in [3.8, 4) is 11.5 Å². The molecule has 2 atom stereocenters. The van der Waals surface area contributed by atoms with Gasteiger partial charge in [-0.1, -0.05) is 12.8 Å². The number of nitrogens with zero attached hydrogens (tertiary/aromatic N) is 1. The minimum absolute atomic E-state index is 0.0393. The smallest absolute Gasteiger partial charge is 0.254 e. The van der Waals surface area contributed by atoms with Gasteiger partial charge in [-0.2, -0.15) is 0 Å². The number of amides is 1. The van der Waals surface area contributed by atoms with Crippen LogP contribution in [0.2, 0.25) is 0 Å². The SMILES string of the molecule is COc1cc(OC)cc(C(=O)N2CCO[C@@H]3CCCC[C@H]32)c1. The fraction of sp³-hybridized carbons (Fsp3) is 0.588. The lowest BCUT2D eigenvalue weighted by Crippen LogP contribution is -2.54. The van der Waals surface area contributed by atoms with Crippen molar-refractivity contribution in [1.29, 1.82) is 0 Å². The highest BCUT2D eigenvalue weighted by atomic mass is 16.5. The van der Waals surface area contributed by atoms with E-state index >= 15 is 0 Å². The van der Waals surface area contributed by atoms with Crippen molar-refractivity contribution in [1.82, 2.24) is 4.90 Å². The van der Waals surface area contributed by atoms with Gasteiger partial charge in [-0.05, 0) is 25.0 Å². The summed E-state index contributed by atoms with van der Waals surface area (Å²) in [6.07, 6.45) is 4.62. The minimum atomic E-state index is 0.0393. The molecule has 0 aromatic heterocycles. The maximum absolute atomic E-state index is 13.0. The van der Waals surface area contributed by atoms with Crippen LogP contribution in [0, 0.1) is 0 Å². The van der Waals surface area contributed by atoms with Crippen molar-refractivity contribution in [2.24, 2.45) is 0 Å². The maximum Gasteiger partial charge on any atom is 0.254 e. The predicted octanol–water partition coefficient (Wildman–Crippen LogP) is 2.49. The van der Waals surface area contributed by atoms with E-state index in [9.17, 15) is 4.79 Å². The molecular formula is C17H23NO4. The van der Waals surface area contributed by atoms with Crippen molar-refractivity contribution in [3.05, 3.63) is 23.8 Å². The van der Waals surface area contributed by atoms with Crippen molar-refractivity contribution < 1.29 is 19.0 Å². The Balaban J connectivity index is 1.86. The Morgan fingerprint density at radius 1 is 1.14 bits per heavy atom. The number of rotatable bonds is 3. The van der Waals surface area contributed by atoms with Crippen LogP contribution in [-0.4, -0.2) is 50.3 Å². The van der Waals surface area contributed by atoms with Crippen molar-refractivity contribution in [2.75, 3.05) is 27.4 Å². The van der Waals surface area contributed by atoms with Gasteiger partial charge in [-0.25, -0.2) is 0 Å². The first-order valence-corrected chi connectivity index (χ1v) is 7.88. The van der Waals surface area contributed by atoms with Crippen LogP contribution >= 0.6 is 0 Å².